The SMILES string of the molecule is CCCCCC(CC)c1cccc(Cl)c1Cl. The van der Waals surface area contributed by atoms with Gasteiger partial charge in [-0.15, -0.1) is 0 Å². The van der Waals surface area contributed by atoms with E-state index in [-0.39, 0.29) is 0 Å². The molecule has 90 valence electrons. The second kappa shape index (κ2) is 7.19. The second-order valence-corrected chi connectivity index (χ2v) is 5.03. The number of unbranched alkanes of at least 4 members (excludes halogenated alkanes) is 2. The number of hydrogen-bond acceptors (Lipinski definition) is 0. The molecule has 0 heterocycles. The molecule has 0 bridgehead atoms. The van der Waals surface area contributed by atoms with Crippen molar-refractivity contribution in [2.45, 2.75) is 51.9 Å². The Morgan fingerprint density at radius 2 is 1.88 bits per heavy atom. The van der Waals surface area contributed by atoms with Gasteiger partial charge in [-0.05, 0) is 30.4 Å². The highest BCUT2D eigenvalue weighted by Crippen LogP contribution is 2.35. The smallest absolute Gasteiger partial charge is 0.0627 e. The molecule has 0 saturated heterocycles. The summed E-state index contributed by atoms with van der Waals surface area (Å²) in [6.45, 7) is 4.45. The van der Waals surface area contributed by atoms with E-state index in [1.165, 1.54) is 31.2 Å². The molecule has 1 aromatic carbocycles. The molecule has 0 aliphatic heterocycles. The Bertz CT molecular complexity index is 321. The lowest BCUT2D eigenvalue weighted by Gasteiger charge is -2.17. The molecule has 0 aliphatic rings. The molecule has 0 nitrogen and oxygen atoms in total. The molecule has 0 N–H and O–H groups in total. The van der Waals surface area contributed by atoms with Crippen LogP contribution in [0.5, 0.6) is 0 Å². The fourth-order valence-electron chi connectivity index (χ4n) is 2.06. The Balaban J connectivity index is 2.74. The van der Waals surface area contributed by atoms with E-state index in [2.05, 4.69) is 19.9 Å². The first-order valence-corrected chi connectivity index (χ1v) is 6.90. The van der Waals surface area contributed by atoms with Gasteiger partial charge in [0.2, 0.25) is 0 Å². The zero-order chi connectivity index (χ0) is 12.0. The Kier molecular flexibility index (Phi) is 6.23. The fourth-order valence-corrected chi connectivity index (χ4v) is 2.52. The molecule has 0 radical (unpaired) electrons. The Labute approximate surface area is 109 Å². The van der Waals surface area contributed by atoms with Gasteiger partial charge in [0.05, 0.1) is 10.0 Å². The molecule has 0 saturated carbocycles. The minimum absolute atomic E-state index is 0.553. The third kappa shape index (κ3) is 3.68. The van der Waals surface area contributed by atoms with Crippen LogP contribution in [0.15, 0.2) is 18.2 Å². The lowest BCUT2D eigenvalue weighted by Crippen LogP contribution is -1.98. The zero-order valence-electron chi connectivity index (χ0n) is 10.1. The molecule has 1 rings (SSSR count). The van der Waals surface area contributed by atoms with Crippen LogP contribution in [0.3, 0.4) is 0 Å². The molecular weight excluding hydrogens is 239 g/mol. The third-order valence-electron chi connectivity index (χ3n) is 3.07. The molecule has 1 atom stereocenters. The molecule has 0 amide bonds. The Hall–Kier alpha value is -0.200. The molecule has 0 fully saturated rings. The highest BCUT2D eigenvalue weighted by Gasteiger charge is 2.14. The summed E-state index contributed by atoms with van der Waals surface area (Å²) in [5.74, 6) is 0.553. The van der Waals surface area contributed by atoms with Gasteiger partial charge in [0.1, 0.15) is 0 Å². The average molecular weight is 259 g/mol. The van der Waals surface area contributed by atoms with Crippen LogP contribution >= 0.6 is 23.2 Å². The highest BCUT2D eigenvalue weighted by molar-refractivity contribution is 6.42. The van der Waals surface area contributed by atoms with Gasteiger partial charge in [0, 0.05) is 0 Å². The monoisotopic (exact) mass is 258 g/mol. The summed E-state index contributed by atoms with van der Waals surface area (Å²) in [7, 11) is 0. The first-order chi connectivity index (χ1) is 7.70. The number of halogens is 2. The number of benzene rings is 1. The predicted octanol–water partition coefficient (Wildman–Crippen LogP) is 6.07. The molecule has 0 aliphatic carbocycles. The number of rotatable bonds is 6. The lowest BCUT2D eigenvalue weighted by atomic mass is 9.91. The quantitative estimate of drug-likeness (QED) is 0.544. The van der Waals surface area contributed by atoms with Crippen molar-refractivity contribution in [2.24, 2.45) is 0 Å². The van der Waals surface area contributed by atoms with Crippen molar-refractivity contribution in [3.8, 4) is 0 Å². The topological polar surface area (TPSA) is 0 Å². The van der Waals surface area contributed by atoms with E-state index >= 15 is 0 Å². The maximum absolute atomic E-state index is 6.25. The summed E-state index contributed by atoms with van der Waals surface area (Å²) in [4.78, 5) is 0. The minimum Gasteiger partial charge on any atom is -0.0827 e. The van der Waals surface area contributed by atoms with Crippen LogP contribution in [0.25, 0.3) is 0 Å². The van der Waals surface area contributed by atoms with Gasteiger partial charge in [-0.2, -0.15) is 0 Å². The van der Waals surface area contributed by atoms with Gasteiger partial charge < -0.3 is 0 Å². The molecule has 1 aromatic rings. The summed E-state index contributed by atoms with van der Waals surface area (Å²) >= 11 is 12.3. The zero-order valence-corrected chi connectivity index (χ0v) is 11.6. The molecule has 2 heteroatoms. The Morgan fingerprint density at radius 1 is 1.12 bits per heavy atom. The first kappa shape index (κ1) is 13.9. The van der Waals surface area contributed by atoms with Gasteiger partial charge in [-0.25, -0.2) is 0 Å². The fraction of sp³-hybridized carbons (Fsp3) is 0.571. The van der Waals surface area contributed by atoms with Crippen LogP contribution < -0.4 is 0 Å². The molecule has 1 unspecified atom stereocenters. The maximum atomic E-state index is 6.25. The van der Waals surface area contributed by atoms with Crippen molar-refractivity contribution < 1.29 is 0 Å². The van der Waals surface area contributed by atoms with E-state index < -0.39 is 0 Å². The van der Waals surface area contributed by atoms with Crippen molar-refractivity contribution in [1.29, 1.82) is 0 Å². The van der Waals surface area contributed by atoms with Crippen molar-refractivity contribution in [2.75, 3.05) is 0 Å². The van der Waals surface area contributed by atoms with Gasteiger partial charge in [0.15, 0.2) is 0 Å². The standard InChI is InChI=1S/C14H20Cl2/c1-3-5-6-8-11(4-2)12-9-7-10-13(15)14(12)16/h7,9-11H,3-6,8H2,1-2H3. The summed E-state index contributed by atoms with van der Waals surface area (Å²) < 4.78 is 0. The van der Waals surface area contributed by atoms with Crippen LogP contribution in [0.1, 0.15) is 57.4 Å². The van der Waals surface area contributed by atoms with Crippen molar-refractivity contribution in [3.05, 3.63) is 33.8 Å². The van der Waals surface area contributed by atoms with Crippen molar-refractivity contribution in [1.82, 2.24) is 0 Å². The van der Waals surface area contributed by atoms with Gasteiger partial charge in [0.25, 0.3) is 0 Å². The van der Waals surface area contributed by atoms with Crippen LogP contribution in [-0.4, -0.2) is 0 Å². The van der Waals surface area contributed by atoms with Crippen LogP contribution in [-0.2, 0) is 0 Å². The largest absolute Gasteiger partial charge is 0.0827 e. The van der Waals surface area contributed by atoms with E-state index in [9.17, 15) is 0 Å². The van der Waals surface area contributed by atoms with Crippen LogP contribution in [0.2, 0.25) is 10.0 Å². The van der Waals surface area contributed by atoms with Crippen molar-refractivity contribution >= 4 is 23.2 Å². The summed E-state index contributed by atoms with van der Waals surface area (Å²) in [5.41, 5.74) is 1.22. The van der Waals surface area contributed by atoms with Crippen LogP contribution in [0, 0.1) is 0 Å². The average Bonchev–Trinajstić information content (AvgIpc) is 2.29. The maximum Gasteiger partial charge on any atom is 0.0627 e. The van der Waals surface area contributed by atoms with Crippen molar-refractivity contribution in [3.63, 3.8) is 0 Å². The summed E-state index contributed by atoms with van der Waals surface area (Å²) in [6.07, 6.45) is 6.18. The van der Waals surface area contributed by atoms with E-state index in [1.54, 1.807) is 0 Å². The summed E-state index contributed by atoms with van der Waals surface area (Å²) in [6, 6.07) is 5.95. The second-order valence-electron chi connectivity index (χ2n) is 4.24. The predicted molar refractivity (Wildman–Crippen MR) is 73.6 cm³/mol. The molecule has 0 spiro atoms. The molecule has 0 aromatic heterocycles. The van der Waals surface area contributed by atoms with E-state index in [4.69, 9.17) is 23.2 Å². The van der Waals surface area contributed by atoms with Gasteiger partial charge in [-0.3, -0.25) is 0 Å². The van der Waals surface area contributed by atoms with Crippen LogP contribution in [0.4, 0.5) is 0 Å². The van der Waals surface area contributed by atoms with Gasteiger partial charge in [-0.1, -0.05) is 68.4 Å². The van der Waals surface area contributed by atoms with E-state index in [1.807, 2.05) is 12.1 Å². The minimum atomic E-state index is 0.553. The lowest BCUT2D eigenvalue weighted by molar-refractivity contribution is 0.553. The first-order valence-electron chi connectivity index (χ1n) is 6.14. The Morgan fingerprint density at radius 3 is 2.50 bits per heavy atom. The van der Waals surface area contributed by atoms with E-state index in [0.717, 1.165) is 11.4 Å². The third-order valence-corrected chi connectivity index (χ3v) is 3.90. The van der Waals surface area contributed by atoms with Gasteiger partial charge >= 0.3 is 0 Å². The normalized spacial score (nSPS) is 12.8. The summed E-state index contributed by atoms with van der Waals surface area (Å²) in [5, 5.41) is 1.42. The molecule has 16 heavy (non-hydrogen) atoms. The van der Waals surface area contributed by atoms with E-state index in [0.29, 0.717) is 10.9 Å². The molecular formula is C14H20Cl2. The highest BCUT2D eigenvalue weighted by atomic mass is 35.5. The number of hydrogen-bond donors (Lipinski definition) is 0.